The molecule has 0 saturated heterocycles. The summed E-state index contributed by atoms with van der Waals surface area (Å²) in [6.45, 7) is 0.845. The number of nitrogens with zero attached hydrogens (tertiary/aromatic N) is 1. The van der Waals surface area contributed by atoms with Crippen LogP contribution in [-0.2, 0) is 6.18 Å². The van der Waals surface area contributed by atoms with Gasteiger partial charge in [-0.2, -0.15) is 13.2 Å². The van der Waals surface area contributed by atoms with Crippen LogP contribution in [0.15, 0.2) is 24.4 Å². The average molecular weight is 458 g/mol. The first-order valence-corrected chi connectivity index (χ1v) is 11.4. The number of amides is 1. The lowest BCUT2D eigenvalue weighted by atomic mass is 9.86. The Morgan fingerprint density at radius 1 is 1.17 bits per heavy atom. The van der Waals surface area contributed by atoms with Gasteiger partial charge in [-0.25, -0.2) is 4.98 Å². The zero-order valence-electron chi connectivity index (χ0n) is 16.3. The molecule has 2 saturated carbocycles. The Hall–Kier alpha value is -1.80. The van der Waals surface area contributed by atoms with Gasteiger partial charge in [0.1, 0.15) is 0 Å². The molecule has 30 heavy (non-hydrogen) atoms. The molecule has 0 atom stereocenters. The van der Waals surface area contributed by atoms with Crippen molar-refractivity contribution in [2.75, 3.05) is 11.9 Å². The second kappa shape index (κ2) is 8.75. The van der Waals surface area contributed by atoms with Crippen LogP contribution in [0.5, 0.6) is 0 Å². The van der Waals surface area contributed by atoms with Crippen LogP contribution in [0.1, 0.15) is 65.2 Å². The van der Waals surface area contributed by atoms with E-state index in [4.69, 9.17) is 11.6 Å². The van der Waals surface area contributed by atoms with E-state index in [0.717, 1.165) is 55.6 Å². The third kappa shape index (κ3) is 5.27. The Balaban J connectivity index is 1.25. The van der Waals surface area contributed by atoms with E-state index in [2.05, 4.69) is 15.6 Å². The van der Waals surface area contributed by atoms with Crippen molar-refractivity contribution in [1.82, 2.24) is 10.3 Å². The number of benzene rings is 1. The maximum atomic E-state index is 12.9. The number of halogens is 4. The Labute approximate surface area is 182 Å². The van der Waals surface area contributed by atoms with Crippen LogP contribution in [0.3, 0.4) is 0 Å². The van der Waals surface area contributed by atoms with Crippen LogP contribution in [0.25, 0.3) is 0 Å². The van der Waals surface area contributed by atoms with Gasteiger partial charge < -0.3 is 10.6 Å². The lowest BCUT2D eigenvalue weighted by molar-refractivity contribution is -0.137. The molecular formula is C21H23ClF3N3OS. The van der Waals surface area contributed by atoms with Gasteiger partial charge in [0.2, 0.25) is 0 Å². The number of carbonyl (C=O) groups excluding carboxylic acids is 1. The first-order valence-electron chi connectivity index (χ1n) is 10.2. The normalized spacial score (nSPS) is 22.0. The number of nitrogens with one attached hydrogen (secondary N) is 2. The molecule has 2 aliphatic carbocycles. The molecule has 2 fully saturated rings. The Morgan fingerprint density at radius 3 is 2.57 bits per heavy atom. The number of anilines is 1. The number of hydrogen-bond donors (Lipinski definition) is 2. The molecule has 2 N–H and O–H groups in total. The third-order valence-electron chi connectivity index (χ3n) is 5.77. The van der Waals surface area contributed by atoms with Crippen molar-refractivity contribution in [2.24, 2.45) is 5.92 Å². The predicted octanol–water partition coefficient (Wildman–Crippen LogP) is 6.09. The Kier molecular flexibility index (Phi) is 6.25. The number of thiazole rings is 1. The molecule has 2 aromatic rings. The maximum absolute atomic E-state index is 12.9. The molecule has 9 heteroatoms. The molecule has 1 amide bonds. The number of aromatic nitrogens is 1. The maximum Gasteiger partial charge on any atom is 0.416 e. The molecule has 1 aromatic heterocycles. The summed E-state index contributed by atoms with van der Waals surface area (Å²) in [5.74, 6) is 0.647. The molecule has 1 heterocycles. The van der Waals surface area contributed by atoms with Gasteiger partial charge in [-0.3, -0.25) is 4.79 Å². The average Bonchev–Trinajstić information content (AvgIpc) is 3.45. The van der Waals surface area contributed by atoms with Gasteiger partial charge >= 0.3 is 6.18 Å². The quantitative estimate of drug-likeness (QED) is 0.551. The molecule has 0 bridgehead atoms. The third-order valence-corrected chi connectivity index (χ3v) is 7.21. The molecule has 0 aliphatic heterocycles. The van der Waals surface area contributed by atoms with E-state index in [1.165, 1.54) is 17.7 Å². The highest BCUT2D eigenvalue weighted by atomic mass is 35.5. The number of carbonyl (C=O) groups is 1. The van der Waals surface area contributed by atoms with E-state index in [1.807, 2.05) is 6.20 Å². The summed E-state index contributed by atoms with van der Waals surface area (Å²) in [4.78, 5) is 18.3. The smallest absolute Gasteiger partial charge is 0.361 e. The summed E-state index contributed by atoms with van der Waals surface area (Å²) in [6, 6.07) is 2.76. The largest absolute Gasteiger partial charge is 0.416 e. The van der Waals surface area contributed by atoms with Gasteiger partial charge in [-0.1, -0.05) is 11.6 Å². The number of alkyl halides is 3. The van der Waals surface area contributed by atoms with Crippen molar-refractivity contribution in [3.8, 4) is 0 Å². The Bertz CT molecular complexity index is 905. The minimum absolute atomic E-state index is 0.0207. The van der Waals surface area contributed by atoms with E-state index < -0.39 is 17.6 Å². The van der Waals surface area contributed by atoms with Crippen molar-refractivity contribution < 1.29 is 18.0 Å². The highest BCUT2D eigenvalue weighted by molar-refractivity contribution is 7.15. The van der Waals surface area contributed by atoms with Crippen LogP contribution in [0.4, 0.5) is 18.3 Å². The zero-order chi connectivity index (χ0) is 21.3. The standard InChI is InChI=1S/C21H23ClF3N3OS/c22-17-8-5-14(21(23,24)25)9-16(17)19(29)28-15-6-1-12(2-7-15)10-26-20-27-11-18(30-20)13-3-4-13/h5,8-9,11-13,15H,1-4,6-7,10H2,(H,26,27)(H,28,29). The van der Waals surface area contributed by atoms with Gasteiger partial charge in [-0.15, -0.1) is 11.3 Å². The van der Waals surface area contributed by atoms with Gasteiger partial charge in [-0.05, 0) is 68.6 Å². The first kappa shape index (κ1) is 21.4. The zero-order valence-corrected chi connectivity index (χ0v) is 17.8. The fourth-order valence-electron chi connectivity index (χ4n) is 3.81. The van der Waals surface area contributed by atoms with E-state index >= 15 is 0 Å². The minimum Gasteiger partial charge on any atom is -0.361 e. The molecule has 0 spiro atoms. The monoisotopic (exact) mass is 457 g/mol. The van der Waals surface area contributed by atoms with Crippen LogP contribution < -0.4 is 10.6 Å². The van der Waals surface area contributed by atoms with E-state index in [-0.39, 0.29) is 16.6 Å². The molecule has 2 aliphatic rings. The fraction of sp³-hybridized carbons (Fsp3) is 0.524. The van der Waals surface area contributed by atoms with E-state index in [9.17, 15) is 18.0 Å². The van der Waals surface area contributed by atoms with Crippen LogP contribution in [0, 0.1) is 5.92 Å². The van der Waals surface area contributed by atoms with Crippen molar-refractivity contribution in [3.05, 3.63) is 45.4 Å². The second-order valence-corrected chi connectivity index (χ2v) is 9.58. The molecule has 1 aromatic carbocycles. The van der Waals surface area contributed by atoms with E-state index in [1.54, 1.807) is 11.3 Å². The van der Waals surface area contributed by atoms with Gasteiger partial charge in [0, 0.05) is 23.7 Å². The summed E-state index contributed by atoms with van der Waals surface area (Å²) in [6.07, 6.45) is 3.45. The van der Waals surface area contributed by atoms with Crippen LogP contribution in [0.2, 0.25) is 5.02 Å². The van der Waals surface area contributed by atoms with Crippen molar-refractivity contribution in [1.29, 1.82) is 0 Å². The fourth-order valence-corrected chi connectivity index (χ4v) is 5.00. The van der Waals surface area contributed by atoms with Gasteiger partial charge in [0.05, 0.1) is 16.1 Å². The summed E-state index contributed by atoms with van der Waals surface area (Å²) < 4.78 is 38.8. The van der Waals surface area contributed by atoms with Crippen molar-refractivity contribution in [2.45, 2.75) is 56.7 Å². The van der Waals surface area contributed by atoms with Crippen LogP contribution >= 0.6 is 22.9 Å². The predicted molar refractivity (Wildman–Crippen MR) is 112 cm³/mol. The molecular weight excluding hydrogens is 435 g/mol. The first-order chi connectivity index (χ1) is 14.3. The SMILES string of the molecule is O=C(NC1CCC(CNc2ncc(C3CC3)s2)CC1)c1cc(C(F)(F)F)ccc1Cl. The Morgan fingerprint density at radius 2 is 1.90 bits per heavy atom. The summed E-state index contributed by atoms with van der Waals surface area (Å²) in [5, 5.41) is 7.26. The van der Waals surface area contributed by atoms with Crippen molar-refractivity contribution in [3.63, 3.8) is 0 Å². The van der Waals surface area contributed by atoms with Crippen LogP contribution in [-0.4, -0.2) is 23.5 Å². The molecule has 4 nitrogen and oxygen atoms in total. The molecule has 162 valence electrons. The van der Waals surface area contributed by atoms with E-state index in [0.29, 0.717) is 11.8 Å². The van der Waals surface area contributed by atoms with Crippen molar-refractivity contribution >= 4 is 34.0 Å². The topological polar surface area (TPSA) is 54.0 Å². The van der Waals surface area contributed by atoms with Gasteiger partial charge in [0.15, 0.2) is 5.13 Å². The summed E-state index contributed by atoms with van der Waals surface area (Å²) >= 11 is 7.70. The number of rotatable bonds is 6. The van der Waals surface area contributed by atoms with Gasteiger partial charge in [0.25, 0.3) is 5.91 Å². The molecule has 0 radical (unpaired) electrons. The minimum atomic E-state index is -4.51. The number of hydrogen-bond acceptors (Lipinski definition) is 4. The highest BCUT2D eigenvalue weighted by Gasteiger charge is 2.32. The second-order valence-electron chi connectivity index (χ2n) is 8.11. The summed E-state index contributed by atoms with van der Waals surface area (Å²) in [5.41, 5.74) is -1.01. The lowest BCUT2D eigenvalue weighted by Crippen LogP contribution is -2.38. The molecule has 4 rings (SSSR count). The highest BCUT2D eigenvalue weighted by Crippen LogP contribution is 2.43. The molecule has 0 unspecified atom stereocenters. The lowest BCUT2D eigenvalue weighted by Gasteiger charge is -2.29. The summed E-state index contributed by atoms with van der Waals surface area (Å²) in [7, 11) is 0.